The van der Waals surface area contributed by atoms with Crippen LogP contribution in [0.4, 0.5) is 0 Å². The van der Waals surface area contributed by atoms with E-state index < -0.39 is 40.3 Å². The van der Waals surface area contributed by atoms with Gasteiger partial charge in [-0.25, -0.2) is 0 Å². The number of rotatable bonds is 17. The average Bonchev–Trinajstić information content (AvgIpc) is 3.87. The number of ether oxygens (including phenoxy) is 8. The molecule has 4 unspecified atom stereocenters. The number of hydrogen-bond acceptors (Lipinski definition) is 14. The van der Waals surface area contributed by atoms with Crippen LogP contribution in [0, 0.1) is 0 Å². The first-order chi connectivity index (χ1) is 32.5. The van der Waals surface area contributed by atoms with Crippen molar-refractivity contribution in [3.63, 3.8) is 0 Å². The fraction of sp³-hybridized carbons (Fsp3) is 0.673. The van der Waals surface area contributed by atoms with E-state index in [1.807, 2.05) is 31.2 Å². The third-order valence-corrected chi connectivity index (χ3v) is 15.6. The van der Waals surface area contributed by atoms with Crippen LogP contribution in [-0.2, 0) is 47.4 Å². The third-order valence-electron chi connectivity index (χ3n) is 15.6. The van der Waals surface area contributed by atoms with Gasteiger partial charge in [-0.1, -0.05) is 51.0 Å². The van der Waals surface area contributed by atoms with Gasteiger partial charge in [0, 0.05) is 63.5 Å². The van der Waals surface area contributed by atoms with Gasteiger partial charge in [0.2, 0.25) is 0 Å². The number of aliphatic hydroxyl groups excluding tert-OH is 1. The topological polar surface area (TPSA) is 158 Å². The molecule has 0 amide bonds. The summed E-state index contributed by atoms with van der Waals surface area (Å²) in [4.78, 5) is 17.6. The summed E-state index contributed by atoms with van der Waals surface area (Å²) >= 11 is 0. The molecule has 16 heteroatoms. The normalized spacial score (nSPS) is 31.5. The first-order valence-corrected chi connectivity index (χ1v) is 24.6. The molecule has 4 heterocycles. The average molecular weight is 954 g/mol. The van der Waals surface area contributed by atoms with Gasteiger partial charge in [0.15, 0.2) is 48.5 Å². The molecule has 4 aliphatic heterocycles. The van der Waals surface area contributed by atoms with Crippen LogP contribution in [-0.4, -0.2) is 161 Å². The predicted octanol–water partition coefficient (Wildman–Crippen LogP) is 2.39. The number of benzene rings is 2. The molecule has 2 saturated heterocycles. The Balaban J connectivity index is 0.000000195. The van der Waals surface area contributed by atoms with Crippen molar-refractivity contribution in [1.29, 1.82) is 0 Å². The Morgan fingerprint density at radius 2 is 1.24 bits per heavy atom. The van der Waals surface area contributed by atoms with E-state index >= 15 is 0 Å². The summed E-state index contributed by atoms with van der Waals surface area (Å²) < 4.78 is 45.3. The fourth-order valence-corrected chi connectivity index (χ4v) is 12.6. The van der Waals surface area contributed by atoms with Crippen molar-refractivity contribution in [1.82, 2.24) is 9.80 Å². The summed E-state index contributed by atoms with van der Waals surface area (Å²) in [5.74, 6) is 2.52. The van der Waals surface area contributed by atoms with E-state index in [0.717, 1.165) is 68.5 Å². The molecular weight excluding hydrogens is 878 g/mol. The third kappa shape index (κ3) is 9.39. The van der Waals surface area contributed by atoms with Crippen LogP contribution in [0.3, 0.4) is 0 Å². The summed E-state index contributed by atoms with van der Waals surface area (Å²) in [7, 11) is 8.10. The van der Waals surface area contributed by atoms with Crippen LogP contribution in [0.1, 0.15) is 94.4 Å². The Kier molecular flexibility index (Phi) is 19.2. The molecule has 2 aromatic rings. The number of ketones is 1. The monoisotopic (exact) mass is 954 g/mol. The second kappa shape index (κ2) is 23.8. The van der Waals surface area contributed by atoms with Gasteiger partial charge >= 0.3 is 29.6 Å². The fourth-order valence-electron chi connectivity index (χ4n) is 12.6. The SMILES string of the molecule is C=CCN1CC[C@]23c4c5ccc(OCOCCOC)c4OC2C(=O)CC[C@@]3(O)C1C5.C=CCN1CC[C@]23c4c5ccc(OCOCCOC)c4OC2[C@@H](O)CC[C@@]3(O)C1C5.CCCC.[B-]CC.[Na+]. The summed E-state index contributed by atoms with van der Waals surface area (Å²) in [5, 5.41) is 35.1. The Labute approximate surface area is 427 Å². The molecule has 2 saturated carbocycles. The molecule has 4 fully saturated rings. The van der Waals surface area contributed by atoms with Gasteiger partial charge < -0.3 is 61.1 Å². The van der Waals surface area contributed by atoms with E-state index in [1.54, 1.807) is 14.2 Å². The predicted molar refractivity (Wildman–Crippen MR) is 256 cm³/mol. The first-order valence-electron chi connectivity index (χ1n) is 24.6. The largest absolute Gasteiger partial charge is 1.00 e. The van der Waals surface area contributed by atoms with Gasteiger partial charge in [0.1, 0.15) is 6.10 Å². The van der Waals surface area contributed by atoms with E-state index in [0.29, 0.717) is 81.5 Å². The number of carbonyl (C=O) groups is 1. The number of piperidine rings is 2. The Bertz CT molecular complexity index is 2050. The minimum Gasteiger partial charge on any atom is -0.626 e. The summed E-state index contributed by atoms with van der Waals surface area (Å²) in [6, 6.07) is 7.90. The molecule has 4 bridgehead atoms. The molecule has 10 rings (SSSR count). The van der Waals surface area contributed by atoms with Crippen LogP contribution in [0.5, 0.6) is 23.0 Å². The van der Waals surface area contributed by atoms with Crippen LogP contribution >= 0.6 is 0 Å². The van der Waals surface area contributed by atoms with Crippen molar-refractivity contribution in [3.05, 3.63) is 71.8 Å². The minimum absolute atomic E-state index is 0. The zero-order chi connectivity index (χ0) is 48.0. The molecule has 8 aliphatic rings. The van der Waals surface area contributed by atoms with Crippen molar-refractivity contribution in [2.24, 2.45) is 0 Å². The number of hydrogen-bond donors (Lipinski definition) is 3. The molecule has 68 heavy (non-hydrogen) atoms. The quantitative estimate of drug-likeness (QED) is 0.0920. The van der Waals surface area contributed by atoms with Gasteiger partial charge in [0.25, 0.3) is 0 Å². The molecule has 14 nitrogen and oxygen atoms in total. The molecule has 3 N–H and O–H groups in total. The molecule has 4 aliphatic carbocycles. The number of likely N-dealkylation sites (tertiary alicyclic amines) is 2. The summed E-state index contributed by atoms with van der Waals surface area (Å²) in [5.41, 5.74) is 1.08. The van der Waals surface area contributed by atoms with E-state index in [1.165, 1.54) is 18.4 Å². The molecular formula is C52H75BN2NaO12. The second-order valence-electron chi connectivity index (χ2n) is 19.0. The Morgan fingerprint density at radius 3 is 1.74 bits per heavy atom. The minimum atomic E-state index is -1.00. The maximum Gasteiger partial charge on any atom is 1.00 e. The Morgan fingerprint density at radius 1 is 0.750 bits per heavy atom. The van der Waals surface area contributed by atoms with Crippen LogP contribution < -0.4 is 48.5 Å². The molecule has 0 aromatic heterocycles. The number of unbranched alkanes of at least 4 members (excludes halogenated alkanes) is 1. The standard InChI is InChI=1S/C23H31NO6.C23H29NO6.C4H10.C2H5B.Na/c2*1-3-9-24-10-8-22-19-15-4-5-17(29-14-28-12-11-27-2)20(19)30-21(22)16(25)6-7-23(22,26)18(24)13-15;1-3-4-2;1-2-3;/h3-5,16,18,21,25-26H,1,6-14H2,2H3;3-5,18,21,26H,1,6-14H2,2H3;3-4H2,1-2H3;2H2,1H3;/q;;;-1;+1/t16-,18?,21?,22-,23+;18?,21?,22-,23+;;;/m00.../s1. The maximum atomic E-state index is 13.0. The van der Waals surface area contributed by atoms with Crippen LogP contribution in [0.2, 0.25) is 6.32 Å². The second-order valence-corrected chi connectivity index (χ2v) is 19.0. The van der Waals surface area contributed by atoms with Gasteiger partial charge in [-0.05, 0) is 74.8 Å². The number of carbonyl (C=O) groups excluding carboxylic acids is 1. The van der Waals surface area contributed by atoms with Crippen LogP contribution in [0.25, 0.3) is 0 Å². The number of methoxy groups -OCH3 is 2. The van der Waals surface area contributed by atoms with Crippen molar-refractivity contribution in [2.75, 3.05) is 80.4 Å². The maximum absolute atomic E-state index is 13.0. The summed E-state index contributed by atoms with van der Waals surface area (Å²) in [6.45, 7) is 19.2. The van der Waals surface area contributed by atoms with Crippen molar-refractivity contribution in [3.8, 4) is 23.0 Å². The molecule has 369 valence electrons. The van der Waals surface area contributed by atoms with E-state index in [4.69, 9.17) is 45.7 Å². The molecule has 2 aromatic carbocycles. The molecule has 9 atom stereocenters. The van der Waals surface area contributed by atoms with Gasteiger partial charge in [-0.15, -0.1) is 20.1 Å². The van der Waals surface area contributed by atoms with Crippen molar-refractivity contribution >= 4 is 13.6 Å². The molecule has 3 radical (unpaired) electrons. The summed E-state index contributed by atoms with van der Waals surface area (Å²) in [6.07, 6.45) is 10.3. The van der Waals surface area contributed by atoms with Crippen LogP contribution in [0.15, 0.2) is 49.6 Å². The smallest absolute Gasteiger partial charge is 0.626 e. The van der Waals surface area contributed by atoms with Crippen molar-refractivity contribution < 1.29 is 87.6 Å². The van der Waals surface area contributed by atoms with Gasteiger partial charge in [-0.2, -0.15) is 0 Å². The zero-order valence-corrected chi connectivity index (χ0v) is 43.6. The number of Topliss-reactive ketones (excluding diaryl/α,β-unsaturated/α-hetero) is 1. The first kappa shape index (κ1) is 54.8. The number of nitrogens with zero attached hydrogens (tertiary/aromatic N) is 2. The van der Waals surface area contributed by atoms with E-state index in [9.17, 15) is 20.1 Å². The van der Waals surface area contributed by atoms with E-state index in [-0.39, 0.29) is 61.0 Å². The van der Waals surface area contributed by atoms with Gasteiger partial charge in [0.05, 0.1) is 54.6 Å². The van der Waals surface area contributed by atoms with Gasteiger partial charge in [-0.3, -0.25) is 20.9 Å². The Hall–Kier alpha value is -2.51. The van der Waals surface area contributed by atoms with Crippen molar-refractivity contribution in [2.45, 2.75) is 144 Å². The zero-order valence-electron chi connectivity index (χ0n) is 41.6. The molecule has 2 spiro atoms. The van der Waals surface area contributed by atoms with E-state index in [2.05, 4.69) is 48.9 Å². The number of aliphatic hydroxyl groups is 3.